The number of benzene rings is 11. The Morgan fingerprint density at radius 1 is 0.258 bits per heavy atom. The summed E-state index contributed by atoms with van der Waals surface area (Å²) in [6, 6.07) is 80.4. The van der Waals surface area contributed by atoms with Crippen LogP contribution in [0.5, 0.6) is 0 Å². The largest absolute Gasteiger partial charge is 0.308 e. The maximum Gasteiger partial charge on any atom is 0.166 e. The van der Waals surface area contributed by atoms with Crippen molar-refractivity contribution in [3.05, 3.63) is 224 Å². The predicted molar refractivity (Wildman–Crippen MR) is 275 cm³/mol. The van der Waals surface area contributed by atoms with Crippen LogP contribution in [0.4, 0.5) is 0 Å². The van der Waals surface area contributed by atoms with Crippen molar-refractivity contribution < 1.29 is 0 Å². The molecule has 0 N–H and O–H groups in total. The molecule has 3 heterocycles. The third-order valence-electron chi connectivity index (χ3n) is 13.5. The van der Waals surface area contributed by atoms with E-state index in [0.29, 0.717) is 17.5 Å². The maximum absolute atomic E-state index is 5.42. The maximum atomic E-state index is 5.42. The van der Waals surface area contributed by atoms with Crippen molar-refractivity contribution in [3.8, 4) is 45.5 Å². The van der Waals surface area contributed by atoms with Crippen LogP contribution >= 0.6 is 0 Å². The first-order chi connectivity index (χ1) is 32.8. The minimum atomic E-state index is 0.604. The molecule has 306 valence electrons. The average molecular weight is 840 g/mol. The van der Waals surface area contributed by atoms with Gasteiger partial charge in [0.15, 0.2) is 17.5 Å². The average Bonchev–Trinajstić information content (AvgIpc) is 3.90. The van der Waals surface area contributed by atoms with E-state index in [1.807, 2.05) is 0 Å². The molecule has 0 aliphatic rings. The molecule has 66 heavy (non-hydrogen) atoms. The Balaban J connectivity index is 1.09. The molecular weight excluding hydrogens is 803 g/mol. The van der Waals surface area contributed by atoms with Crippen LogP contribution < -0.4 is 0 Å². The van der Waals surface area contributed by atoms with E-state index in [1.165, 1.54) is 48.7 Å². The van der Waals surface area contributed by atoms with Crippen LogP contribution in [-0.2, 0) is 0 Å². The van der Waals surface area contributed by atoms with Crippen molar-refractivity contribution in [2.45, 2.75) is 0 Å². The van der Waals surface area contributed by atoms with Crippen molar-refractivity contribution in [3.63, 3.8) is 0 Å². The molecule has 0 atom stereocenters. The summed E-state index contributed by atoms with van der Waals surface area (Å²) in [5.74, 6) is 1.86. The summed E-state index contributed by atoms with van der Waals surface area (Å²) in [7, 11) is 0. The molecule has 5 nitrogen and oxygen atoms in total. The van der Waals surface area contributed by atoms with E-state index in [9.17, 15) is 0 Å². The number of hydrogen-bond donors (Lipinski definition) is 0. The smallest absolute Gasteiger partial charge is 0.166 e. The van der Waals surface area contributed by atoms with Crippen molar-refractivity contribution in [1.82, 2.24) is 24.1 Å². The molecular formula is C61H37N5. The Labute approximate surface area is 379 Å². The van der Waals surface area contributed by atoms with E-state index in [1.54, 1.807) is 0 Å². The SMILES string of the molecule is c1ccc(-n2c3ccccc3c3c(-n4c5ccccc5c5c6ccccc6ccc54)c4ccccc4cc32)c(-c2nc(-c3cccc4ccccc34)nc(-c3cccc4ccccc34)n2)c1. The molecule has 0 unspecified atom stereocenters. The summed E-state index contributed by atoms with van der Waals surface area (Å²) < 4.78 is 4.95. The van der Waals surface area contributed by atoms with Crippen molar-refractivity contribution in [1.29, 1.82) is 0 Å². The summed E-state index contributed by atoms with van der Waals surface area (Å²) in [5.41, 5.74) is 9.52. The highest BCUT2D eigenvalue weighted by Crippen LogP contribution is 2.46. The Hall–Kier alpha value is -8.93. The van der Waals surface area contributed by atoms with Gasteiger partial charge in [0.2, 0.25) is 0 Å². The molecule has 5 heteroatoms. The van der Waals surface area contributed by atoms with Gasteiger partial charge in [-0.05, 0) is 74.1 Å². The Morgan fingerprint density at radius 3 is 1.35 bits per heavy atom. The highest BCUT2D eigenvalue weighted by molar-refractivity contribution is 6.25. The van der Waals surface area contributed by atoms with E-state index in [4.69, 9.17) is 15.0 Å². The Morgan fingerprint density at radius 2 is 0.697 bits per heavy atom. The highest BCUT2D eigenvalue weighted by Gasteiger charge is 2.25. The lowest BCUT2D eigenvalue weighted by molar-refractivity contribution is 1.07. The second-order valence-electron chi connectivity index (χ2n) is 17.1. The zero-order chi connectivity index (χ0) is 43.3. The zero-order valence-corrected chi connectivity index (χ0v) is 35.6. The topological polar surface area (TPSA) is 48.5 Å². The Kier molecular flexibility index (Phi) is 7.91. The summed E-state index contributed by atoms with van der Waals surface area (Å²) in [6.45, 7) is 0. The number of rotatable bonds is 5. The first-order valence-corrected chi connectivity index (χ1v) is 22.5. The Bertz CT molecular complexity index is 4200. The van der Waals surface area contributed by atoms with Crippen LogP contribution in [0.1, 0.15) is 0 Å². The van der Waals surface area contributed by atoms with E-state index in [0.717, 1.165) is 66.0 Å². The van der Waals surface area contributed by atoms with E-state index < -0.39 is 0 Å². The van der Waals surface area contributed by atoms with Crippen LogP contribution in [0.25, 0.3) is 132 Å². The second kappa shape index (κ2) is 14.3. The van der Waals surface area contributed by atoms with Gasteiger partial charge in [0, 0.05) is 43.6 Å². The number of nitrogens with zero attached hydrogens (tertiary/aromatic N) is 5. The van der Waals surface area contributed by atoms with Crippen molar-refractivity contribution in [2.75, 3.05) is 0 Å². The molecule has 0 bridgehead atoms. The molecule has 0 fully saturated rings. The van der Waals surface area contributed by atoms with Crippen LogP contribution in [0.2, 0.25) is 0 Å². The fraction of sp³-hybridized carbons (Fsp3) is 0. The third-order valence-corrected chi connectivity index (χ3v) is 13.5. The number of aromatic nitrogens is 5. The van der Waals surface area contributed by atoms with Gasteiger partial charge in [0.25, 0.3) is 0 Å². The lowest BCUT2D eigenvalue weighted by atomic mass is 10.0. The molecule has 14 rings (SSSR count). The summed E-state index contributed by atoms with van der Waals surface area (Å²) in [4.78, 5) is 16.1. The molecule has 0 spiro atoms. The molecule has 14 aromatic rings. The summed E-state index contributed by atoms with van der Waals surface area (Å²) in [5, 5.41) is 14.1. The molecule has 3 aromatic heterocycles. The van der Waals surface area contributed by atoms with Gasteiger partial charge in [-0.1, -0.05) is 188 Å². The molecule has 0 aliphatic heterocycles. The van der Waals surface area contributed by atoms with Gasteiger partial charge in [-0.3, -0.25) is 0 Å². The molecule has 11 aromatic carbocycles. The van der Waals surface area contributed by atoms with Gasteiger partial charge in [0.1, 0.15) is 0 Å². The van der Waals surface area contributed by atoms with Crippen LogP contribution in [-0.4, -0.2) is 24.1 Å². The van der Waals surface area contributed by atoms with Crippen molar-refractivity contribution in [2.24, 2.45) is 0 Å². The minimum Gasteiger partial charge on any atom is -0.308 e. The van der Waals surface area contributed by atoms with Gasteiger partial charge in [-0.25, -0.2) is 15.0 Å². The van der Waals surface area contributed by atoms with Gasteiger partial charge in [-0.15, -0.1) is 0 Å². The molecule has 0 aliphatic carbocycles. The quantitative estimate of drug-likeness (QED) is 0.173. The third kappa shape index (κ3) is 5.38. The van der Waals surface area contributed by atoms with Gasteiger partial charge >= 0.3 is 0 Å². The number of hydrogen-bond acceptors (Lipinski definition) is 3. The van der Waals surface area contributed by atoms with E-state index in [2.05, 4.69) is 234 Å². The minimum absolute atomic E-state index is 0.604. The van der Waals surface area contributed by atoms with Crippen LogP contribution in [0.3, 0.4) is 0 Å². The van der Waals surface area contributed by atoms with Gasteiger partial charge in [-0.2, -0.15) is 0 Å². The van der Waals surface area contributed by atoms with Crippen LogP contribution in [0, 0.1) is 0 Å². The second-order valence-corrected chi connectivity index (χ2v) is 17.1. The molecule has 0 saturated heterocycles. The lowest BCUT2D eigenvalue weighted by Crippen LogP contribution is -2.04. The molecule has 0 amide bonds. The van der Waals surface area contributed by atoms with E-state index >= 15 is 0 Å². The fourth-order valence-electron chi connectivity index (χ4n) is 10.7. The highest BCUT2D eigenvalue weighted by atomic mass is 15.1. The summed E-state index contributed by atoms with van der Waals surface area (Å²) in [6.07, 6.45) is 0. The first-order valence-electron chi connectivity index (χ1n) is 22.5. The van der Waals surface area contributed by atoms with Gasteiger partial charge < -0.3 is 9.13 Å². The van der Waals surface area contributed by atoms with E-state index in [-0.39, 0.29) is 0 Å². The standard InChI is InChI=1S/C61H37N5/c1-5-23-42-38(17-1)21-15-30-46(42)59-62-60(47-31-16-22-39-18-2-6-24-43(39)47)64-61(63-59)50-29-11-14-34-53(50)65-51-32-12-10-28-49(51)57-55(65)37-41-20-4-8-26-45(41)58(57)66-52-33-13-9-27-48(52)56-44-25-7-3-19-40(44)35-36-54(56)66/h1-37H. The normalized spacial score (nSPS) is 11.9. The fourth-order valence-corrected chi connectivity index (χ4v) is 10.7. The first kappa shape index (κ1) is 36.5. The van der Waals surface area contributed by atoms with Gasteiger partial charge in [0.05, 0.1) is 33.4 Å². The molecule has 0 saturated carbocycles. The zero-order valence-electron chi connectivity index (χ0n) is 35.6. The predicted octanol–water partition coefficient (Wildman–Crippen LogP) is 15.7. The number of fused-ring (bicyclic) bond motifs is 11. The van der Waals surface area contributed by atoms with Crippen molar-refractivity contribution >= 4 is 86.7 Å². The van der Waals surface area contributed by atoms with Crippen LogP contribution in [0.15, 0.2) is 224 Å². The monoisotopic (exact) mass is 839 g/mol. The lowest BCUT2D eigenvalue weighted by Gasteiger charge is -2.17. The summed E-state index contributed by atoms with van der Waals surface area (Å²) >= 11 is 0. The molecule has 0 radical (unpaired) electrons. The number of para-hydroxylation sites is 3.